The third-order valence-electron chi connectivity index (χ3n) is 3.96. The Hall–Kier alpha value is -3.04. The SMILES string of the molecule is COc1ccc(NS(=O)(=O)c2cc3oc(=O)[nH]c3cc2Cl)c2cccnc12. The van der Waals surface area contributed by atoms with Crippen molar-refractivity contribution in [1.29, 1.82) is 0 Å². The normalized spacial score (nSPS) is 11.8. The summed E-state index contributed by atoms with van der Waals surface area (Å²) >= 11 is 6.11. The highest BCUT2D eigenvalue weighted by Crippen LogP contribution is 2.33. The van der Waals surface area contributed by atoms with Crippen LogP contribution in [0.15, 0.2) is 56.7 Å². The number of ether oxygens (including phenoxy) is 1. The Morgan fingerprint density at radius 3 is 2.85 bits per heavy atom. The third kappa shape index (κ3) is 3.00. The third-order valence-corrected chi connectivity index (χ3v) is 5.79. The molecular formula is C17H12ClN3O5S. The molecule has 2 heterocycles. The first-order valence-electron chi connectivity index (χ1n) is 7.66. The number of anilines is 1. The molecule has 138 valence electrons. The van der Waals surface area contributed by atoms with Crippen molar-refractivity contribution in [2.75, 3.05) is 11.8 Å². The van der Waals surface area contributed by atoms with Crippen LogP contribution < -0.4 is 15.2 Å². The smallest absolute Gasteiger partial charge is 0.417 e. The summed E-state index contributed by atoms with van der Waals surface area (Å²) in [5, 5.41) is 0.508. The molecular weight excluding hydrogens is 394 g/mol. The van der Waals surface area contributed by atoms with Gasteiger partial charge in [-0.2, -0.15) is 0 Å². The monoisotopic (exact) mass is 405 g/mol. The maximum atomic E-state index is 12.9. The molecule has 8 nitrogen and oxygen atoms in total. The Labute approximate surface area is 157 Å². The first-order chi connectivity index (χ1) is 12.9. The summed E-state index contributed by atoms with van der Waals surface area (Å²) in [6.07, 6.45) is 1.59. The van der Waals surface area contributed by atoms with Crippen molar-refractivity contribution in [1.82, 2.24) is 9.97 Å². The van der Waals surface area contributed by atoms with Crippen LogP contribution in [0.1, 0.15) is 0 Å². The van der Waals surface area contributed by atoms with Crippen LogP contribution in [0.5, 0.6) is 5.75 Å². The molecule has 4 aromatic rings. The second kappa shape index (κ2) is 6.29. The van der Waals surface area contributed by atoms with Gasteiger partial charge in [0.2, 0.25) is 0 Å². The zero-order chi connectivity index (χ0) is 19.2. The van der Waals surface area contributed by atoms with Crippen LogP contribution in [-0.2, 0) is 10.0 Å². The van der Waals surface area contributed by atoms with Gasteiger partial charge < -0.3 is 9.15 Å². The minimum Gasteiger partial charge on any atom is -0.494 e. The fourth-order valence-electron chi connectivity index (χ4n) is 2.76. The molecule has 0 spiro atoms. The van der Waals surface area contributed by atoms with Gasteiger partial charge in [-0.3, -0.25) is 14.7 Å². The van der Waals surface area contributed by atoms with E-state index in [-0.39, 0.29) is 15.5 Å². The molecule has 0 saturated heterocycles. The van der Waals surface area contributed by atoms with Crippen molar-refractivity contribution in [3.63, 3.8) is 0 Å². The lowest BCUT2D eigenvalue weighted by molar-refractivity contribution is 0.419. The van der Waals surface area contributed by atoms with Gasteiger partial charge in [-0.05, 0) is 30.3 Å². The van der Waals surface area contributed by atoms with Gasteiger partial charge in [-0.15, -0.1) is 0 Å². The van der Waals surface area contributed by atoms with Gasteiger partial charge in [0.15, 0.2) is 5.58 Å². The standard InChI is InChI=1S/C17H12ClN3O5S/c1-25-13-5-4-11(9-3-2-6-19-16(9)13)21-27(23,24)15-8-14-12(7-10(15)18)20-17(22)26-14/h2-8,21H,1H3,(H,20,22). The number of fused-ring (bicyclic) bond motifs is 2. The molecule has 4 rings (SSSR count). The van der Waals surface area contributed by atoms with E-state index in [1.165, 1.54) is 19.2 Å². The van der Waals surface area contributed by atoms with Crippen LogP contribution in [0.3, 0.4) is 0 Å². The molecule has 2 aromatic heterocycles. The summed E-state index contributed by atoms with van der Waals surface area (Å²) in [5.41, 5.74) is 1.22. The largest absolute Gasteiger partial charge is 0.494 e. The van der Waals surface area contributed by atoms with Crippen molar-refractivity contribution in [2.24, 2.45) is 0 Å². The van der Waals surface area contributed by atoms with E-state index in [9.17, 15) is 13.2 Å². The second-order valence-corrected chi connectivity index (χ2v) is 7.67. The van der Waals surface area contributed by atoms with E-state index >= 15 is 0 Å². The average molecular weight is 406 g/mol. The lowest BCUT2D eigenvalue weighted by Gasteiger charge is -2.13. The van der Waals surface area contributed by atoms with E-state index < -0.39 is 15.8 Å². The van der Waals surface area contributed by atoms with Gasteiger partial charge in [-0.25, -0.2) is 13.2 Å². The van der Waals surface area contributed by atoms with Gasteiger partial charge in [0.05, 0.1) is 23.3 Å². The van der Waals surface area contributed by atoms with Crippen LogP contribution >= 0.6 is 11.6 Å². The molecule has 0 unspecified atom stereocenters. The molecule has 2 aromatic carbocycles. The fraction of sp³-hybridized carbons (Fsp3) is 0.0588. The molecule has 10 heteroatoms. The number of hydrogen-bond donors (Lipinski definition) is 2. The van der Waals surface area contributed by atoms with Gasteiger partial charge in [0.1, 0.15) is 16.2 Å². The number of methoxy groups -OCH3 is 1. The molecule has 0 aliphatic heterocycles. The van der Waals surface area contributed by atoms with E-state index in [1.807, 2.05) is 0 Å². The summed E-state index contributed by atoms with van der Waals surface area (Å²) in [5.74, 6) is -0.183. The van der Waals surface area contributed by atoms with E-state index in [4.69, 9.17) is 20.8 Å². The topological polar surface area (TPSA) is 114 Å². The zero-order valence-corrected chi connectivity index (χ0v) is 15.4. The Bertz CT molecular complexity index is 1340. The van der Waals surface area contributed by atoms with E-state index in [0.29, 0.717) is 27.9 Å². The average Bonchev–Trinajstić information content (AvgIpc) is 3.00. The highest BCUT2D eigenvalue weighted by Gasteiger charge is 2.22. The van der Waals surface area contributed by atoms with Crippen LogP contribution in [0.4, 0.5) is 5.69 Å². The second-order valence-electron chi connectivity index (χ2n) is 5.61. The summed E-state index contributed by atoms with van der Waals surface area (Å²) in [6, 6.07) is 9.12. The molecule has 0 fully saturated rings. The summed E-state index contributed by atoms with van der Waals surface area (Å²) in [4.78, 5) is 17.8. The number of benzene rings is 2. The van der Waals surface area contributed by atoms with Crippen LogP contribution in [0.25, 0.3) is 22.0 Å². The van der Waals surface area contributed by atoms with Gasteiger partial charge >= 0.3 is 5.76 Å². The number of aromatic nitrogens is 2. The van der Waals surface area contributed by atoms with E-state index in [1.54, 1.807) is 30.5 Å². The lowest BCUT2D eigenvalue weighted by Crippen LogP contribution is -2.14. The Morgan fingerprint density at radius 1 is 1.26 bits per heavy atom. The predicted octanol–water partition coefficient (Wildman–Crippen LogP) is 3.13. The highest BCUT2D eigenvalue weighted by atomic mass is 35.5. The van der Waals surface area contributed by atoms with Gasteiger partial charge in [0, 0.05) is 17.6 Å². The first kappa shape index (κ1) is 17.4. The Balaban J connectivity index is 1.84. The minimum absolute atomic E-state index is 0.0528. The minimum atomic E-state index is -4.06. The number of H-pyrrole nitrogens is 1. The molecule has 0 aliphatic carbocycles. The Kier molecular flexibility index (Phi) is 4.05. The molecule has 0 amide bonds. The number of rotatable bonds is 4. The van der Waals surface area contributed by atoms with E-state index in [0.717, 1.165) is 0 Å². The van der Waals surface area contributed by atoms with Crippen molar-refractivity contribution >= 4 is 49.3 Å². The fourth-order valence-corrected chi connectivity index (χ4v) is 4.38. The summed E-state index contributed by atoms with van der Waals surface area (Å²) in [6.45, 7) is 0. The number of oxazole rings is 1. The number of sulfonamides is 1. The van der Waals surface area contributed by atoms with Crippen molar-refractivity contribution in [3.05, 3.63) is 58.2 Å². The lowest BCUT2D eigenvalue weighted by atomic mass is 10.2. The quantitative estimate of drug-likeness (QED) is 0.539. The molecule has 0 atom stereocenters. The zero-order valence-electron chi connectivity index (χ0n) is 13.8. The summed E-state index contributed by atoms with van der Waals surface area (Å²) in [7, 11) is -2.56. The Morgan fingerprint density at radius 2 is 2.07 bits per heavy atom. The van der Waals surface area contributed by atoms with Gasteiger partial charge in [-0.1, -0.05) is 11.6 Å². The first-order valence-corrected chi connectivity index (χ1v) is 9.52. The van der Waals surface area contributed by atoms with E-state index in [2.05, 4.69) is 14.7 Å². The van der Waals surface area contributed by atoms with Crippen LogP contribution in [0.2, 0.25) is 5.02 Å². The predicted molar refractivity (Wildman–Crippen MR) is 101 cm³/mol. The number of nitrogens with one attached hydrogen (secondary N) is 2. The maximum Gasteiger partial charge on any atom is 0.417 e. The molecule has 2 N–H and O–H groups in total. The van der Waals surface area contributed by atoms with Gasteiger partial charge in [0.25, 0.3) is 10.0 Å². The van der Waals surface area contributed by atoms with Crippen molar-refractivity contribution < 1.29 is 17.6 Å². The molecule has 0 saturated carbocycles. The number of pyridine rings is 1. The maximum absolute atomic E-state index is 12.9. The molecule has 0 bridgehead atoms. The van der Waals surface area contributed by atoms with Crippen molar-refractivity contribution in [2.45, 2.75) is 4.90 Å². The summed E-state index contributed by atoms with van der Waals surface area (Å²) < 4.78 is 38.5. The molecule has 0 aliphatic rings. The number of hydrogen-bond acceptors (Lipinski definition) is 6. The number of halogens is 1. The molecule has 0 radical (unpaired) electrons. The van der Waals surface area contributed by atoms with Crippen LogP contribution in [-0.4, -0.2) is 25.5 Å². The highest BCUT2D eigenvalue weighted by molar-refractivity contribution is 7.92. The molecule has 27 heavy (non-hydrogen) atoms. The van der Waals surface area contributed by atoms with Crippen molar-refractivity contribution in [3.8, 4) is 5.75 Å². The number of aromatic amines is 1. The number of nitrogens with zero attached hydrogens (tertiary/aromatic N) is 1. The van der Waals surface area contributed by atoms with Crippen LogP contribution in [0, 0.1) is 0 Å².